The Bertz CT molecular complexity index is 397. The predicted octanol–water partition coefficient (Wildman–Crippen LogP) is 0.965. The standard InChI is InChI=1S/C16H26N4O/c17-6-3-7-19-8-10-20(11-9-19)16(21)15-12-13-4-1-2-5-14(13)18-15/h13-15,18H,1-5,7-12H2. The molecule has 1 aliphatic carbocycles. The van der Waals surface area contributed by atoms with Crippen LogP contribution in [0.1, 0.15) is 38.5 Å². The summed E-state index contributed by atoms with van der Waals surface area (Å²) in [5, 5.41) is 12.2. The van der Waals surface area contributed by atoms with Gasteiger partial charge in [-0.2, -0.15) is 5.26 Å². The highest BCUT2D eigenvalue weighted by Crippen LogP contribution is 2.33. The Kier molecular flexibility index (Phi) is 4.77. The number of carbonyl (C=O) groups excluding carboxylic acids is 1. The number of fused-ring (bicyclic) bond motifs is 1. The van der Waals surface area contributed by atoms with Gasteiger partial charge < -0.3 is 10.2 Å². The van der Waals surface area contributed by atoms with E-state index < -0.39 is 0 Å². The number of rotatable bonds is 3. The minimum Gasteiger partial charge on any atom is -0.339 e. The maximum Gasteiger partial charge on any atom is 0.239 e. The normalized spacial score (nSPS) is 33.5. The van der Waals surface area contributed by atoms with Crippen molar-refractivity contribution in [1.29, 1.82) is 5.26 Å². The number of nitrogens with zero attached hydrogens (tertiary/aromatic N) is 3. The monoisotopic (exact) mass is 290 g/mol. The quantitative estimate of drug-likeness (QED) is 0.841. The van der Waals surface area contributed by atoms with Crippen molar-refractivity contribution < 1.29 is 4.79 Å². The van der Waals surface area contributed by atoms with Crippen LogP contribution in [0.5, 0.6) is 0 Å². The number of nitrogens with one attached hydrogen (secondary N) is 1. The summed E-state index contributed by atoms with van der Waals surface area (Å²) in [5.41, 5.74) is 0. The maximum atomic E-state index is 12.7. The lowest BCUT2D eigenvalue weighted by Gasteiger charge is -2.35. The van der Waals surface area contributed by atoms with Crippen LogP contribution in [0.15, 0.2) is 0 Å². The highest BCUT2D eigenvalue weighted by atomic mass is 16.2. The Hall–Kier alpha value is -1.12. The third kappa shape index (κ3) is 3.38. The van der Waals surface area contributed by atoms with E-state index in [0.717, 1.165) is 45.1 Å². The summed E-state index contributed by atoms with van der Waals surface area (Å²) in [7, 11) is 0. The molecule has 21 heavy (non-hydrogen) atoms. The van der Waals surface area contributed by atoms with Gasteiger partial charge in [-0.3, -0.25) is 9.69 Å². The first-order chi connectivity index (χ1) is 10.3. The molecule has 0 spiro atoms. The summed E-state index contributed by atoms with van der Waals surface area (Å²) in [4.78, 5) is 17.0. The van der Waals surface area contributed by atoms with Crippen LogP contribution in [-0.4, -0.2) is 60.5 Å². The minimum absolute atomic E-state index is 0.0590. The first-order valence-corrected chi connectivity index (χ1v) is 8.42. The first kappa shape index (κ1) is 14.8. The fraction of sp³-hybridized carbons (Fsp3) is 0.875. The number of nitriles is 1. The molecule has 0 aromatic heterocycles. The van der Waals surface area contributed by atoms with Crippen molar-refractivity contribution in [2.45, 2.75) is 50.6 Å². The summed E-state index contributed by atoms with van der Waals surface area (Å²) in [5.74, 6) is 1.04. The molecule has 5 nitrogen and oxygen atoms in total. The first-order valence-electron chi connectivity index (χ1n) is 8.42. The van der Waals surface area contributed by atoms with E-state index in [4.69, 9.17) is 5.26 Å². The Morgan fingerprint density at radius 1 is 1.19 bits per heavy atom. The molecule has 3 atom stereocenters. The number of amides is 1. The summed E-state index contributed by atoms with van der Waals surface area (Å²) >= 11 is 0. The highest BCUT2D eigenvalue weighted by Gasteiger charge is 2.40. The van der Waals surface area contributed by atoms with Crippen LogP contribution in [0.3, 0.4) is 0 Å². The minimum atomic E-state index is 0.0590. The molecule has 3 rings (SSSR count). The van der Waals surface area contributed by atoms with Crippen LogP contribution < -0.4 is 5.32 Å². The number of piperazine rings is 1. The molecule has 0 aromatic rings. The zero-order valence-electron chi connectivity index (χ0n) is 12.8. The van der Waals surface area contributed by atoms with Crippen LogP contribution in [-0.2, 0) is 4.79 Å². The lowest BCUT2D eigenvalue weighted by atomic mass is 9.85. The number of hydrogen-bond donors (Lipinski definition) is 1. The molecule has 116 valence electrons. The molecule has 0 radical (unpaired) electrons. The second kappa shape index (κ2) is 6.76. The molecule has 3 aliphatic rings. The van der Waals surface area contributed by atoms with Crippen molar-refractivity contribution >= 4 is 5.91 Å². The summed E-state index contributed by atoms with van der Waals surface area (Å²) in [6.07, 6.45) is 6.81. The molecule has 2 heterocycles. The second-order valence-electron chi connectivity index (χ2n) is 6.68. The van der Waals surface area contributed by atoms with Gasteiger partial charge in [0, 0.05) is 45.2 Å². The topological polar surface area (TPSA) is 59.4 Å². The fourth-order valence-corrected chi connectivity index (χ4v) is 4.13. The average molecular weight is 290 g/mol. The van der Waals surface area contributed by atoms with E-state index in [9.17, 15) is 4.79 Å². The molecular weight excluding hydrogens is 264 g/mol. The molecule has 1 amide bonds. The number of hydrogen-bond acceptors (Lipinski definition) is 4. The summed E-state index contributed by atoms with van der Waals surface area (Å²) in [6.45, 7) is 4.29. The van der Waals surface area contributed by atoms with Crippen molar-refractivity contribution in [1.82, 2.24) is 15.1 Å². The van der Waals surface area contributed by atoms with E-state index in [2.05, 4.69) is 16.3 Å². The molecule has 3 fully saturated rings. The predicted molar refractivity (Wildman–Crippen MR) is 80.5 cm³/mol. The van der Waals surface area contributed by atoms with E-state index in [-0.39, 0.29) is 6.04 Å². The van der Waals surface area contributed by atoms with E-state index in [0.29, 0.717) is 18.4 Å². The molecule has 0 bridgehead atoms. The van der Waals surface area contributed by atoms with Gasteiger partial charge in [0.15, 0.2) is 0 Å². The smallest absolute Gasteiger partial charge is 0.239 e. The zero-order chi connectivity index (χ0) is 14.7. The van der Waals surface area contributed by atoms with Gasteiger partial charge in [-0.1, -0.05) is 12.8 Å². The Labute approximate surface area is 127 Å². The van der Waals surface area contributed by atoms with Crippen molar-refractivity contribution in [2.75, 3.05) is 32.7 Å². The molecular formula is C16H26N4O. The zero-order valence-corrected chi connectivity index (χ0v) is 12.8. The van der Waals surface area contributed by atoms with E-state index in [1.54, 1.807) is 0 Å². The second-order valence-corrected chi connectivity index (χ2v) is 6.68. The highest BCUT2D eigenvalue weighted by molar-refractivity contribution is 5.82. The number of carbonyl (C=O) groups is 1. The van der Waals surface area contributed by atoms with Gasteiger partial charge in [-0.05, 0) is 25.2 Å². The van der Waals surface area contributed by atoms with Gasteiger partial charge in [0.25, 0.3) is 0 Å². The summed E-state index contributed by atoms with van der Waals surface area (Å²) in [6, 6.07) is 2.84. The van der Waals surface area contributed by atoms with Crippen LogP contribution >= 0.6 is 0 Å². The van der Waals surface area contributed by atoms with E-state index >= 15 is 0 Å². The Morgan fingerprint density at radius 2 is 1.95 bits per heavy atom. The molecule has 3 unspecified atom stereocenters. The van der Waals surface area contributed by atoms with Crippen LogP contribution in [0, 0.1) is 17.2 Å². The van der Waals surface area contributed by atoms with E-state index in [1.165, 1.54) is 25.7 Å². The molecule has 1 N–H and O–H groups in total. The van der Waals surface area contributed by atoms with Crippen molar-refractivity contribution in [3.05, 3.63) is 0 Å². The fourth-order valence-electron chi connectivity index (χ4n) is 4.13. The molecule has 2 aliphatic heterocycles. The van der Waals surface area contributed by atoms with Crippen molar-refractivity contribution in [3.8, 4) is 6.07 Å². The van der Waals surface area contributed by atoms with Crippen molar-refractivity contribution in [2.24, 2.45) is 5.92 Å². The molecule has 5 heteroatoms. The van der Waals surface area contributed by atoms with Crippen LogP contribution in [0.25, 0.3) is 0 Å². The third-order valence-corrected chi connectivity index (χ3v) is 5.38. The van der Waals surface area contributed by atoms with Gasteiger partial charge in [-0.25, -0.2) is 0 Å². The van der Waals surface area contributed by atoms with Gasteiger partial charge in [0.2, 0.25) is 5.91 Å². The Balaban J connectivity index is 1.47. The van der Waals surface area contributed by atoms with Gasteiger partial charge in [-0.15, -0.1) is 0 Å². The largest absolute Gasteiger partial charge is 0.339 e. The maximum absolute atomic E-state index is 12.7. The summed E-state index contributed by atoms with van der Waals surface area (Å²) < 4.78 is 0. The molecule has 1 saturated carbocycles. The van der Waals surface area contributed by atoms with Gasteiger partial charge in [0.05, 0.1) is 12.1 Å². The van der Waals surface area contributed by atoms with Crippen molar-refractivity contribution in [3.63, 3.8) is 0 Å². The van der Waals surface area contributed by atoms with Gasteiger partial charge >= 0.3 is 0 Å². The lowest BCUT2D eigenvalue weighted by Crippen LogP contribution is -2.53. The average Bonchev–Trinajstić information content (AvgIpc) is 2.96. The lowest BCUT2D eigenvalue weighted by molar-refractivity contribution is -0.134. The third-order valence-electron chi connectivity index (χ3n) is 5.38. The van der Waals surface area contributed by atoms with Crippen LogP contribution in [0.2, 0.25) is 0 Å². The van der Waals surface area contributed by atoms with Gasteiger partial charge in [0.1, 0.15) is 0 Å². The molecule has 0 aromatic carbocycles. The Morgan fingerprint density at radius 3 is 2.67 bits per heavy atom. The van der Waals surface area contributed by atoms with E-state index in [1.807, 2.05) is 4.90 Å². The van der Waals surface area contributed by atoms with Crippen LogP contribution in [0.4, 0.5) is 0 Å². The SMILES string of the molecule is N#CCCN1CCN(C(=O)C2CC3CCCCC3N2)CC1. The molecule has 2 saturated heterocycles.